The largest absolute Gasteiger partial charge is 0.372 e. The molecule has 0 radical (unpaired) electrons. The minimum Gasteiger partial charge on any atom is -0.372 e. The second-order valence-corrected chi connectivity index (χ2v) is 4.64. The number of hydrogen-bond acceptors (Lipinski definition) is 4. The Balaban J connectivity index is 1.88. The number of rotatable bonds is 5. The van der Waals surface area contributed by atoms with Crippen molar-refractivity contribution in [1.29, 1.82) is 0 Å². The van der Waals surface area contributed by atoms with E-state index in [1.54, 1.807) is 6.20 Å². The molecule has 1 saturated heterocycles. The van der Waals surface area contributed by atoms with Gasteiger partial charge in [-0.15, -0.1) is 0 Å². The van der Waals surface area contributed by atoms with Gasteiger partial charge in [0, 0.05) is 19.7 Å². The van der Waals surface area contributed by atoms with Crippen LogP contribution >= 0.6 is 0 Å². The molecule has 0 atom stereocenters. The summed E-state index contributed by atoms with van der Waals surface area (Å²) in [7, 11) is 0. The van der Waals surface area contributed by atoms with Gasteiger partial charge in [0.1, 0.15) is 12.4 Å². The molecule has 19 heavy (non-hydrogen) atoms. The van der Waals surface area contributed by atoms with E-state index in [4.69, 9.17) is 4.74 Å². The molecule has 1 N–H and O–H groups in total. The van der Waals surface area contributed by atoms with Crippen molar-refractivity contribution in [1.82, 2.24) is 4.98 Å². The lowest BCUT2D eigenvalue weighted by molar-refractivity contribution is -0.120. The topological polar surface area (TPSA) is 54.5 Å². The van der Waals surface area contributed by atoms with E-state index in [1.165, 1.54) is 19.3 Å². The molecule has 104 valence electrons. The molecule has 0 spiro atoms. The van der Waals surface area contributed by atoms with Crippen molar-refractivity contribution in [3.05, 3.63) is 18.3 Å². The molecule has 0 aromatic carbocycles. The van der Waals surface area contributed by atoms with Gasteiger partial charge in [-0.05, 0) is 38.3 Å². The maximum atomic E-state index is 11.5. The van der Waals surface area contributed by atoms with Gasteiger partial charge in [-0.3, -0.25) is 4.79 Å². The number of piperidine rings is 1. The third-order valence-corrected chi connectivity index (χ3v) is 3.15. The van der Waals surface area contributed by atoms with Gasteiger partial charge in [0.25, 0.3) is 0 Å². The fourth-order valence-electron chi connectivity index (χ4n) is 2.16. The number of anilines is 2. The molecular weight excluding hydrogens is 242 g/mol. The molecule has 0 aliphatic carbocycles. The van der Waals surface area contributed by atoms with Gasteiger partial charge in [0.15, 0.2) is 0 Å². The Kier molecular flexibility index (Phi) is 5.15. The molecule has 0 unspecified atom stereocenters. The highest BCUT2D eigenvalue weighted by Crippen LogP contribution is 2.18. The fourth-order valence-corrected chi connectivity index (χ4v) is 2.16. The average molecular weight is 263 g/mol. The maximum absolute atomic E-state index is 11.5. The summed E-state index contributed by atoms with van der Waals surface area (Å²) in [5, 5.41) is 2.76. The Bertz CT molecular complexity index is 400. The average Bonchev–Trinajstić information content (AvgIpc) is 2.47. The first-order valence-electron chi connectivity index (χ1n) is 6.88. The molecule has 1 aliphatic heterocycles. The van der Waals surface area contributed by atoms with E-state index in [9.17, 15) is 4.79 Å². The monoisotopic (exact) mass is 263 g/mol. The van der Waals surface area contributed by atoms with Crippen LogP contribution in [0.1, 0.15) is 26.2 Å². The summed E-state index contributed by atoms with van der Waals surface area (Å²) in [6.07, 6.45) is 5.47. The SMILES string of the molecule is CCOCC(=O)Nc1ccc(N2CCCCC2)nc1. The van der Waals surface area contributed by atoms with Crippen molar-refractivity contribution in [3.8, 4) is 0 Å². The Morgan fingerprint density at radius 2 is 2.16 bits per heavy atom. The number of amides is 1. The van der Waals surface area contributed by atoms with E-state index in [-0.39, 0.29) is 12.5 Å². The summed E-state index contributed by atoms with van der Waals surface area (Å²) in [6.45, 7) is 4.64. The fraction of sp³-hybridized carbons (Fsp3) is 0.571. The first-order valence-corrected chi connectivity index (χ1v) is 6.88. The molecule has 0 saturated carbocycles. The van der Waals surface area contributed by atoms with E-state index in [1.807, 2.05) is 19.1 Å². The van der Waals surface area contributed by atoms with Crippen LogP contribution in [0.25, 0.3) is 0 Å². The van der Waals surface area contributed by atoms with Gasteiger partial charge < -0.3 is 15.0 Å². The Morgan fingerprint density at radius 3 is 2.79 bits per heavy atom. The molecule has 2 heterocycles. The zero-order chi connectivity index (χ0) is 13.5. The third-order valence-electron chi connectivity index (χ3n) is 3.15. The van der Waals surface area contributed by atoms with E-state index in [2.05, 4.69) is 15.2 Å². The number of ether oxygens (including phenoxy) is 1. The number of pyridine rings is 1. The summed E-state index contributed by atoms with van der Waals surface area (Å²) >= 11 is 0. The number of carbonyl (C=O) groups excluding carboxylic acids is 1. The van der Waals surface area contributed by atoms with Crippen molar-refractivity contribution in [2.24, 2.45) is 0 Å². The molecule has 5 nitrogen and oxygen atoms in total. The number of carbonyl (C=O) groups is 1. The lowest BCUT2D eigenvalue weighted by Crippen LogP contribution is -2.30. The molecule has 1 aliphatic rings. The van der Waals surface area contributed by atoms with Crippen molar-refractivity contribution < 1.29 is 9.53 Å². The highest BCUT2D eigenvalue weighted by atomic mass is 16.5. The van der Waals surface area contributed by atoms with Gasteiger partial charge in [0.05, 0.1) is 11.9 Å². The van der Waals surface area contributed by atoms with Crippen LogP contribution < -0.4 is 10.2 Å². The molecule has 2 rings (SSSR count). The van der Waals surface area contributed by atoms with Crippen LogP contribution in [0.15, 0.2) is 18.3 Å². The number of nitrogens with one attached hydrogen (secondary N) is 1. The molecule has 1 amide bonds. The first-order chi connectivity index (χ1) is 9.29. The molecule has 1 aromatic rings. The van der Waals surface area contributed by atoms with Crippen LogP contribution in [0.3, 0.4) is 0 Å². The zero-order valence-corrected chi connectivity index (χ0v) is 11.4. The number of nitrogens with zero attached hydrogens (tertiary/aromatic N) is 2. The highest BCUT2D eigenvalue weighted by Gasteiger charge is 2.11. The van der Waals surface area contributed by atoms with Crippen molar-refractivity contribution >= 4 is 17.4 Å². The zero-order valence-electron chi connectivity index (χ0n) is 11.4. The molecular formula is C14H21N3O2. The maximum Gasteiger partial charge on any atom is 0.250 e. The normalized spacial score (nSPS) is 15.3. The Morgan fingerprint density at radius 1 is 1.37 bits per heavy atom. The van der Waals surface area contributed by atoms with Crippen LogP contribution in [-0.4, -0.2) is 37.2 Å². The van der Waals surface area contributed by atoms with Gasteiger partial charge >= 0.3 is 0 Å². The lowest BCUT2D eigenvalue weighted by atomic mass is 10.1. The van der Waals surface area contributed by atoms with Gasteiger partial charge in [-0.1, -0.05) is 0 Å². The number of aromatic nitrogens is 1. The minimum atomic E-state index is -0.144. The van der Waals surface area contributed by atoms with E-state index < -0.39 is 0 Å². The summed E-state index contributed by atoms with van der Waals surface area (Å²) in [5.41, 5.74) is 0.713. The molecule has 0 bridgehead atoms. The summed E-state index contributed by atoms with van der Waals surface area (Å²) in [4.78, 5) is 18.2. The summed E-state index contributed by atoms with van der Waals surface area (Å²) < 4.78 is 5.05. The second-order valence-electron chi connectivity index (χ2n) is 4.64. The third kappa shape index (κ3) is 4.21. The highest BCUT2D eigenvalue weighted by molar-refractivity contribution is 5.91. The molecule has 1 aromatic heterocycles. The molecule has 5 heteroatoms. The van der Waals surface area contributed by atoms with Crippen LogP contribution in [-0.2, 0) is 9.53 Å². The first kappa shape index (κ1) is 13.8. The van der Waals surface area contributed by atoms with Gasteiger partial charge in [-0.25, -0.2) is 4.98 Å². The van der Waals surface area contributed by atoms with Gasteiger partial charge in [0.2, 0.25) is 5.91 Å². The Labute approximate surface area is 114 Å². The van der Waals surface area contributed by atoms with Crippen molar-refractivity contribution in [2.45, 2.75) is 26.2 Å². The van der Waals surface area contributed by atoms with Gasteiger partial charge in [-0.2, -0.15) is 0 Å². The predicted molar refractivity (Wildman–Crippen MR) is 75.4 cm³/mol. The quantitative estimate of drug-likeness (QED) is 0.883. The van der Waals surface area contributed by atoms with E-state index in [0.29, 0.717) is 12.3 Å². The van der Waals surface area contributed by atoms with E-state index in [0.717, 1.165) is 18.9 Å². The van der Waals surface area contributed by atoms with E-state index >= 15 is 0 Å². The second kappa shape index (κ2) is 7.09. The van der Waals surface area contributed by atoms with Crippen LogP contribution in [0, 0.1) is 0 Å². The Hall–Kier alpha value is -1.62. The van der Waals surface area contributed by atoms with Crippen LogP contribution in [0.4, 0.5) is 11.5 Å². The van der Waals surface area contributed by atoms with Crippen LogP contribution in [0.5, 0.6) is 0 Å². The van der Waals surface area contributed by atoms with Crippen LogP contribution in [0.2, 0.25) is 0 Å². The minimum absolute atomic E-state index is 0.0877. The van der Waals surface area contributed by atoms with Crippen molar-refractivity contribution in [2.75, 3.05) is 36.5 Å². The summed E-state index contributed by atoms with van der Waals surface area (Å²) in [5.74, 6) is 0.844. The predicted octanol–water partition coefficient (Wildman–Crippen LogP) is 2.05. The summed E-state index contributed by atoms with van der Waals surface area (Å²) in [6, 6.07) is 3.85. The standard InChI is InChI=1S/C14H21N3O2/c1-2-19-11-14(18)16-12-6-7-13(15-10-12)17-8-4-3-5-9-17/h6-7,10H,2-5,8-9,11H2,1H3,(H,16,18). The molecule has 1 fully saturated rings. The number of hydrogen-bond donors (Lipinski definition) is 1. The lowest BCUT2D eigenvalue weighted by Gasteiger charge is -2.27. The smallest absolute Gasteiger partial charge is 0.250 e. The van der Waals surface area contributed by atoms with Crippen molar-refractivity contribution in [3.63, 3.8) is 0 Å².